The van der Waals surface area contributed by atoms with E-state index in [9.17, 15) is 31.1 Å². The SMILES string of the molecule is CC(NC(=O)C1(c2ccccc2)CCCCC1)c1cc(C(F)(F)F)cc(C(F)(F)F)c1. The molecule has 1 aliphatic rings. The highest BCUT2D eigenvalue weighted by atomic mass is 19.4. The lowest BCUT2D eigenvalue weighted by molar-refractivity contribution is -0.143. The number of nitrogens with one attached hydrogen (secondary N) is 1. The van der Waals surface area contributed by atoms with E-state index in [0.29, 0.717) is 25.0 Å². The minimum atomic E-state index is -4.94. The van der Waals surface area contributed by atoms with E-state index in [1.807, 2.05) is 30.3 Å². The number of rotatable bonds is 4. The van der Waals surface area contributed by atoms with Crippen LogP contribution in [0.3, 0.4) is 0 Å². The summed E-state index contributed by atoms with van der Waals surface area (Å²) < 4.78 is 79.1. The second-order valence-corrected chi connectivity index (χ2v) is 8.04. The van der Waals surface area contributed by atoms with Crippen LogP contribution in [-0.2, 0) is 22.6 Å². The first-order valence-electron chi connectivity index (χ1n) is 10.1. The third kappa shape index (κ3) is 5.05. The minimum Gasteiger partial charge on any atom is -0.349 e. The van der Waals surface area contributed by atoms with Crippen molar-refractivity contribution in [3.8, 4) is 0 Å². The minimum absolute atomic E-state index is 0.0879. The van der Waals surface area contributed by atoms with Crippen LogP contribution >= 0.6 is 0 Å². The maximum Gasteiger partial charge on any atom is 0.416 e. The summed E-state index contributed by atoms with van der Waals surface area (Å²) in [6, 6.07) is 9.50. The van der Waals surface area contributed by atoms with Crippen molar-refractivity contribution in [2.75, 3.05) is 0 Å². The summed E-state index contributed by atoms with van der Waals surface area (Å²) in [4.78, 5) is 13.3. The molecule has 8 heteroatoms. The number of amides is 1. The maximum absolute atomic E-state index is 13.3. The predicted molar refractivity (Wildman–Crippen MR) is 104 cm³/mol. The molecule has 1 atom stereocenters. The van der Waals surface area contributed by atoms with Crippen LogP contribution in [-0.4, -0.2) is 5.91 Å². The molecule has 2 nitrogen and oxygen atoms in total. The van der Waals surface area contributed by atoms with Gasteiger partial charge in [0, 0.05) is 0 Å². The molecule has 2 aromatic rings. The summed E-state index contributed by atoms with van der Waals surface area (Å²) in [6.45, 7) is 1.40. The molecule has 1 saturated carbocycles. The van der Waals surface area contributed by atoms with Gasteiger partial charge in [-0.1, -0.05) is 49.6 Å². The Hall–Kier alpha value is -2.51. The number of carbonyl (C=O) groups is 1. The van der Waals surface area contributed by atoms with E-state index in [4.69, 9.17) is 0 Å². The number of halogens is 6. The molecule has 168 valence electrons. The number of carbonyl (C=O) groups excluding carboxylic acids is 1. The quantitative estimate of drug-likeness (QED) is 0.517. The zero-order valence-corrected chi connectivity index (χ0v) is 16.9. The Kier molecular flexibility index (Phi) is 6.39. The van der Waals surface area contributed by atoms with E-state index < -0.39 is 34.9 Å². The Balaban J connectivity index is 1.94. The fourth-order valence-electron chi connectivity index (χ4n) is 4.21. The largest absolute Gasteiger partial charge is 0.416 e. The van der Waals surface area contributed by atoms with Crippen molar-refractivity contribution in [1.29, 1.82) is 0 Å². The standard InChI is InChI=1S/C23H23F6NO/c1-15(16-12-18(22(24,25)26)14-19(13-16)23(27,28)29)30-20(31)21(10-6-3-7-11-21)17-8-4-2-5-9-17/h2,4-5,8-9,12-15H,3,6-7,10-11H2,1H3,(H,30,31). The number of benzene rings is 2. The zero-order valence-electron chi connectivity index (χ0n) is 16.9. The first-order chi connectivity index (χ1) is 14.4. The monoisotopic (exact) mass is 443 g/mol. The van der Waals surface area contributed by atoms with Gasteiger partial charge in [-0.2, -0.15) is 26.3 Å². The highest BCUT2D eigenvalue weighted by Gasteiger charge is 2.42. The lowest BCUT2D eigenvalue weighted by Gasteiger charge is -2.37. The highest BCUT2D eigenvalue weighted by molar-refractivity contribution is 5.88. The lowest BCUT2D eigenvalue weighted by Crippen LogP contribution is -2.46. The molecular formula is C23H23F6NO. The van der Waals surface area contributed by atoms with E-state index >= 15 is 0 Å². The van der Waals surface area contributed by atoms with Crippen LogP contribution in [0.15, 0.2) is 48.5 Å². The molecule has 3 rings (SSSR count). The number of hydrogen-bond donors (Lipinski definition) is 1. The fourth-order valence-corrected chi connectivity index (χ4v) is 4.21. The fraction of sp³-hybridized carbons (Fsp3) is 0.435. The predicted octanol–water partition coefficient (Wildman–Crippen LogP) is 6.80. The summed E-state index contributed by atoms with van der Waals surface area (Å²) in [5.74, 6) is -0.378. The third-order valence-electron chi connectivity index (χ3n) is 5.93. The van der Waals surface area contributed by atoms with E-state index in [1.54, 1.807) is 0 Å². The van der Waals surface area contributed by atoms with Gasteiger partial charge in [-0.25, -0.2) is 0 Å². The van der Waals surface area contributed by atoms with Crippen molar-refractivity contribution in [2.45, 2.75) is 62.8 Å². The topological polar surface area (TPSA) is 29.1 Å². The van der Waals surface area contributed by atoms with Gasteiger partial charge in [0.15, 0.2) is 0 Å². The smallest absolute Gasteiger partial charge is 0.349 e. The molecule has 0 saturated heterocycles. The Morgan fingerprint density at radius 2 is 1.39 bits per heavy atom. The van der Waals surface area contributed by atoms with Crippen LogP contribution in [0.2, 0.25) is 0 Å². The zero-order chi connectivity index (χ0) is 22.9. The molecule has 1 aliphatic carbocycles. The second-order valence-electron chi connectivity index (χ2n) is 8.04. The summed E-state index contributed by atoms with van der Waals surface area (Å²) >= 11 is 0. The van der Waals surface area contributed by atoms with Crippen LogP contribution in [0.5, 0.6) is 0 Å². The Morgan fingerprint density at radius 3 is 1.87 bits per heavy atom. The number of hydrogen-bond acceptors (Lipinski definition) is 1. The maximum atomic E-state index is 13.3. The van der Waals surface area contributed by atoms with E-state index in [0.717, 1.165) is 24.8 Å². The van der Waals surface area contributed by atoms with Crippen molar-refractivity contribution in [2.24, 2.45) is 0 Å². The van der Waals surface area contributed by atoms with Gasteiger partial charge in [0.05, 0.1) is 22.6 Å². The van der Waals surface area contributed by atoms with E-state index in [2.05, 4.69) is 5.32 Å². The molecule has 2 aromatic carbocycles. The molecule has 1 amide bonds. The van der Waals surface area contributed by atoms with Gasteiger partial charge in [-0.15, -0.1) is 0 Å². The molecule has 1 fully saturated rings. The normalized spacial score (nSPS) is 17.8. The van der Waals surface area contributed by atoms with Crippen molar-refractivity contribution < 1.29 is 31.1 Å². The molecule has 1 unspecified atom stereocenters. The molecule has 1 N–H and O–H groups in total. The van der Waals surface area contributed by atoms with Crippen LogP contribution in [0.4, 0.5) is 26.3 Å². The van der Waals surface area contributed by atoms with E-state index in [-0.39, 0.29) is 17.5 Å². The molecule has 0 radical (unpaired) electrons. The average Bonchev–Trinajstić information content (AvgIpc) is 2.73. The Morgan fingerprint density at radius 1 is 0.871 bits per heavy atom. The molecule has 0 heterocycles. The Bertz CT molecular complexity index is 882. The van der Waals surface area contributed by atoms with Crippen LogP contribution < -0.4 is 5.32 Å². The van der Waals surface area contributed by atoms with Crippen molar-refractivity contribution in [3.05, 3.63) is 70.8 Å². The number of alkyl halides is 6. The van der Waals surface area contributed by atoms with Crippen LogP contribution in [0.1, 0.15) is 67.3 Å². The molecule has 0 aromatic heterocycles. The molecule has 0 aliphatic heterocycles. The Labute approximate surface area is 176 Å². The van der Waals surface area contributed by atoms with Gasteiger partial charge in [0.25, 0.3) is 0 Å². The van der Waals surface area contributed by atoms with Crippen molar-refractivity contribution >= 4 is 5.91 Å². The average molecular weight is 443 g/mol. The molecule has 0 spiro atoms. The summed E-state index contributed by atoms with van der Waals surface area (Å²) in [6.07, 6.45) is -6.11. The first kappa shape index (κ1) is 23.2. The van der Waals surface area contributed by atoms with Gasteiger partial charge in [-0.05, 0) is 49.1 Å². The van der Waals surface area contributed by atoms with Crippen LogP contribution in [0.25, 0.3) is 0 Å². The van der Waals surface area contributed by atoms with Gasteiger partial charge < -0.3 is 5.32 Å². The van der Waals surface area contributed by atoms with Gasteiger partial charge in [0.2, 0.25) is 5.91 Å². The third-order valence-corrected chi connectivity index (χ3v) is 5.93. The molecule has 0 bridgehead atoms. The first-order valence-corrected chi connectivity index (χ1v) is 10.1. The summed E-state index contributed by atoms with van der Waals surface area (Å²) in [7, 11) is 0. The molecule has 31 heavy (non-hydrogen) atoms. The lowest BCUT2D eigenvalue weighted by atomic mass is 9.68. The highest BCUT2D eigenvalue weighted by Crippen LogP contribution is 2.41. The van der Waals surface area contributed by atoms with Crippen LogP contribution in [0, 0.1) is 0 Å². The van der Waals surface area contributed by atoms with Gasteiger partial charge in [-0.3, -0.25) is 4.79 Å². The molecular weight excluding hydrogens is 420 g/mol. The van der Waals surface area contributed by atoms with Gasteiger partial charge >= 0.3 is 12.4 Å². The summed E-state index contributed by atoms with van der Waals surface area (Å²) in [5.41, 5.74) is -3.07. The summed E-state index contributed by atoms with van der Waals surface area (Å²) in [5, 5.41) is 2.69. The van der Waals surface area contributed by atoms with E-state index in [1.165, 1.54) is 6.92 Å². The van der Waals surface area contributed by atoms with Crippen molar-refractivity contribution in [1.82, 2.24) is 5.32 Å². The second kappa shape index (κ2) is 8.55. The van der Waals surface area contributed by atoms with Crippen molar-refractivity contribution in [3.63, 3.8) is 0 Å². The van der Waals surface area contributed by atoms with Gasteiger partial charge in [0.1, 0.15) is 0 Å².